The molecule has 0 radical (unpaired) electrons. The first-order valence-electron chi connectivity index (χ1n) is 4.92. The zero-order valence-corrected chi connectivity index (χ0v) is 11.9. The van der Waals surface area contributed by atoms with Crippen LogP contribution in [0, 0.1) is 0 Å². The van der Waals surface area contributed by atoms with Gasteiger partial charge in [0.2, 0.25) is 0 Å². The predicted molar refractivity (Wildman–Crippen MR) is 67.6 cm³/mol. The van der Waals surface area contributed by atoms with Gasteiger partial charge in [0.1, 0.15) is 5.75 Å². The third-order valence-corrected chi connectivity index (χ3v) is 2.86. The lowest BCUT2D eigenvalue weighted by Crippen LogP contribution is -2.13. The van der Waals surface area contributed by atoms with Crippen LogP contribution in [0.5, 0.6) is 17.2 Å². The van der Waals surface area contributed by atoms with Gasteiger partial charge in [-0.25, -0.2) is 0 Å². The van der Waals surface area contributed by atoms with Gasteiger partial charge in [0.05, 0.1) is 45.0 Å². The van der Waals surface area contributed by atoms with Crippen LogP contribution >= 0.6 is 15.9 Å². The Bertz CT molecular complexity index is 384. The van der Waals surface area contributed by atoms with Gasteiger partial charge in [0, 0.05) is 6.07 Å². The Balaban J connectivity index is 3.30. The maximum atomic E-state index is 5.34. The van der Waals surface area contributed by atoms with Gasteiger partial charge >= 0.3 is 0 Å². The standard InChI is InChI=1S/C11H16BrNO4/c1-14-9-5-8(12)10(15-2)7(6-13-17-4)11(9)16-3/h5,13H,6H2,1-4H3. The summed E-state index contributed by atoms with van der Waals surface area (Å²) in [5.41, 5.74) is 3.58. The summed E-state index contributed by atoms with van der Waals surface area (Å²) in [6.07, 6.45) is 0. The molecule has 1 rings (SSSR count). The van der Waals surface area contributed by atoms with E-state index in [0.29, 0.717) is 23.8 Å². The Hall–Kier alpha value is -0.980. The van der Waals surface area contributed by atoms with Crippen LogP contribution in [-0.2, 0) is 11.4 Å². The van der Waals surface area contributed by atoms with Crippen LogP contribution in [0.3, 0.4) is 0 Å². The molecule has 1 aromatic rings. The molecule has 1 N–H and O–H groups in total. The number of halogens is 1. The molecule has 0 aliphatic rings. The summed E-state index contributed by atoms with van der Waals surface area (Å²) in [6.45, 7) is 0.443. The number of nitrogens with one attached hydrogen (secondary N) is 1. The Morgan fingerprint density at radius 1 is 1.06 bits per heavy atom. The van der Waals surface area contributed by atoms with Gasteiger partial charge in [-0.15, -0.1) is 0 Å². The second kappa shape index (κ2) is 6.68. The molecule has 0 heterocycles. The summed E-state index contributed by atoms with van der Waals surface area (Å²) in [7, 11) is 6.32. The third-order valence-electron chi connectivity index (χ3n) is 2.27. The van der Waals surface area contributed by atoms with Crippen molar-refractivity contribution in [3.63, 3.8) is 0 Å². The highest BCUT2D eigenvalue weighted by molar-refractivity contribution is 9.10. The molecule has 1 aromatic carbocycles. The molecule has 0 atom stereocenters. The summed E-state index contributed by atoms with van der Waals surface area (Å²) in [5, 5.41) is 0. The molecular formula is C11H16BrNO4. The van der Waals surface area contributed by atoms with Crippen molar-refractivity contribution in [2.45, 2.75) is 6.54 Å². The monoisotopic (exact) mass is 305 g/mol. The number of methoxy groups -OCH3 is 3. The fourth-order valence-corrected chi connectivity index (χ4v) is 2.15. The fourth-order valence-electron chi connectivity index (χ4n) is 1.54. The maximum absolute atomic E-state index is 5.34. The van der Waals surface area contributed by atoms with Crippen LogP contribution in [0.4, 0.5) is 0 Å². The lowest BCUT2D eigenvalue weighted by molar-refractivity contribution is 0.0853. The lowest BCUT2D eigenvalue weighted by atomic mass is 10.1. The van der Waals surface area contributed by atoms with Crippen molar-refractivity contribution in [2.75, 3.05) is 28.4 Å². The van der Waals surface area contributed by atoms with Gasteiger partial charge < -0.3 is 19.0 Å². The largest absolute Gasteiger partial charge is 0.495 e. The van der Waals surface area contributed by atoms with Crippen molar-refractivity contribution >= 4 is 15.9 Å². The van der Waals surface area contributed by atoms with Crippen molar-refractivity contribution in [2.24, 2.45) is 0 Å². The molecule has 0 saturated heterocycles. The van der Waals surface area contributed by atoms with Gasteiger partial charge in [0.15, 0.2) is 11.5 Å². The molecule has 0 fully saturated rings. The smallest absolute Gasteiger partial charge is 0.169 e. The van der Waals surface area contributed by atoms with Crippen molar-refractivity contribution in [1.82, 2.24) is 5.48 Å². The van der Waals surface area contributed by atoms with Gasteiger partial charge in [-0.2, -0.15) is 5.48 Å². The van der Waals surface area contributed by atoms with E-state index in [-0.39, 0.29) is 0 Å². The van der Waals surface area contributed by atoms with Gasteiger partial charge in [0.25, 0.3) is 0 Å². The van der Waals surface area contributed by atoms with Crippen molar-refractivity contribution in [1.29, 1.82) is 0 Å². The molecule has 0 unspecified atom stereocenters. The third kappa shape index (κ3) is 3.02. The Labute approximate surface area is 109 Å². The van der Waals surface area contributed by atoms with Gasteiger partial charge in [-0.05, 0) is 15.9 Å². The summed E-state index contributed by atoms with van der Waals surface area (Å²) >= 11 is 3.43. The van der Waals surface area contributed by atoms with Crippen molar-refractivity contribution in [3.8, 4) is 17.2 Å². The number of ether oxygens (including phenoxy) is 3. The highest BCUT2D eigenvalue weighted by Gasteiger charge is 2.19. The molecule has 0 amide bonds. The van der Waals surface area contributed by atoms with Crippen LogP contribution in [0.2, 0.25) is 0 Å². The fraction of sp³-hybridized carbons (Fsp3) is 0.455. The van der Waals surface area contributed by atoms with E-state index < -0.39 is 0 Å². The zero-order chi connectivity index (χ0) is 12.8. The maximum Gasteiger partial charge on any atom is 0.169 e. The Morgan fingerprint density at radius 3 is 2.18 bits per heavy atom. The molecule has 0 bridgehead atoms. The normalized spacial score (nSPS) is 10.2. The number of hydrogen-bond donors (Lipinski definition) is 1. The highest BCUT2D eigenvalue weighted by Crippen LogP contribution is 2.42. The van der Waals surface area contributed by atoms with Crippen LogP contribution in [0.25, 0.3) is 0 Å². The van der Waals surface area contributed by atoms with E-state index in [2.05, 4.69) is 21.4 Å². The molecule has 6 heteroatoms. The average molecular weight is 306 g/mol. The van der Waals surface area contributed by atoms with Gasteiger partial charge in [-0.1, -0.05) is 0 Å². The molecule has 0 aliphatic carbocycles. The first-order valence-corrected chi connectivity index (χ1v) is 5.72. The van der Waals surface area contributed by atoms with Crippen LogP contribution in [0.1, 0.15) is 5.56 Å². The average Bonchev–Trinajstić information content (AvgIpc) is 2.35. The van der Waals surface area contributed by atoms with E-state index in [4.69, 9.17) is 19.0 Å². The van der Waals surface area contributed by atoms with Crippen LogP contribution in [-0.4, -0.2) is 28.4 Å². The molecule has 0 saturated carbocycles. The van der Waals surface area contributed by atoms with E-state index in [1.165, 1.54) is 0 Å². The lowest BCUT2D eigenvalue weighted by Gasteiger charge is -2.17. The molecule has 17 heavy (non-hydrogen) atoms. The minimum absolute atomic E-state index is 0.443. The van der Waals surface area contributed by atoms with Gasteiger partial charge in [-0.3, -0.25) is 0 Å². The van der Waals surface area contributed by atoms with Crippen LogP contribution in [0.15, 0.2) is 10.5 Å². The summed E-state index contributed by atoms with van der Waals surface area (Å²) < 4.78 is 16.7. The predicted octanol–water partition coefficient (Wildman–Crippen LogP) is 2.13. The number of rotatable bonds is 6. The highest BCUT2D eigenvalue weighted by atomic mass is 79.9. The SMILES string of the molecule is CONCc1c(OC)c(Br)cc(OC)c1OC. The molecule has 5 nitrogen and oxygen atoms in total. The minimum Gasteiger partial charge on any atom is -0.495 e. The minimum atomic E-state index is 0.443. The Morgan fingerprint density at radius 2 is 1.71 bits per heavy atom. The van der Waals surface area contributed by atoms with E-state index in [0.717, 1.165) is 10.0 Å². The van der Waals surface area contributed by atoms with Crippen molar-refractivity contribution in [3.05, 3.63) is 16.1 Å². The van der Waals surface area contributed by atoms with E-state index >= 15 is 0 Å². The second-order valence-corrected chi connectivity index (χ2v) is 3.99. The first-order chi connectivity index (χ1) is 8.19. The number of benzene rings is 1. The summed E-state index contributed by atoms with van der Waals surface area (Å²) in [6, 6.07) is 1.80. The summed E-state index contributed by atoms with van der Waals surface area (Å²) in [4.78, 5) is 4.84. The van der Waals surface area contributed by atoms with Crippen LogP contribution < -0.4 is 19.7 Å². The molecular weight excluding hydrogens is 290 g/mol. The zero-order valence-electron chi connectivity index (χ0n) is 10.3. The summed E-state index contributed by atoms with van der Waals surface area (Å²) in [5.74, 6) is 1.94. The Kier molecular flexibility index (Phi) is 5.54. The van der Waals surface area contributed by atoms with E-state index in [1.54, 1.807) is 34.5 Å². The second-order valence-electron chi connectivity index (χ2n) is 3.13. The first kappa shape index (κ1) is 14.1. The number of hydrogen-bond acceptors (Lipinski definition) is 5. The number of hydroxylamine groups is 1. The van der Waals surface area contributed by atoms with E-state index in [9.17, 15) is 0 Å². The molecule has 0 aromatic heterocycles. The van der Waals surface area contributed by atoms with Crippen molar-refractivity contribution < 1.29 is 19.0 Å². The molecule has 0 spiro atoms. The molecule has 96 valence electrons. The quantitative estimate of drug-likeness (QED) is 0.816. The molecule has 0 aliphatic heterocycles. The van der Waals surface area contributed by atoms with E-state index in [1.807, 2.05) is 0 Å². The topological polar surface area (TPSA) is 49.0 Å².